The zero-order valence-corrected chi connectivity index (χ0v) is 13.7. The maximum atomic E-state index is 12.0. The molecule has 7 nitrogen and oxygen atoms in total. The normalized spacial score (nSPS) is 11.4. The van der Waals surface area contributed by atoms with Crippen LogP contribution in [-0.4, -0.2) is 29.3 Å². The summed E-state index contributed by atoms with van der Waals surface area (Å²) in [5, 5.41) is 13.3. The maximum Gasteiger partial charge on any atom is 0.273 e. The second-order valence-corrected chi connectivity index (χ2v) is 5.46. The first-order valence-electron chi connectivity index (χ1n) is 7.66. The molecule has 7 heteroatoms. The van der Waals surface area contributed by atoms with Crippen molar-refractivity contribution in [3.05, 3.63) is 70.3 Å². The number of nitro benzene ring substituents is 1. The molecule has 0 spiro atoms. The molecule has 0 unspecified atom stereocenters. The minimum absolute atomic E-state index is 0.122. The van der Waals surface area contributed by atoms with Gasteiger partial charge in [0.15, 0.2) is 12.4 Å². The lowest BCUT2D eigenvalue weighted by atomic mass is 10.0. The first-order valence-corrected chi connectivity index (χ1v) is 7.66. The van der Waals surface area contributed by atoms with Gasteiger partial charge in [-0.15, -0.1) is 0 Å². The Bertz CT molecular complexity index is 761. The Morgan fingerprint density at radius 2 is 1.88 bits per heavy atom. The predicted molar refractivity (Wildman–Crippen MR) is 91.3 cm³/mol. The Labute approximate surface area is 144 Å². The van der Waals surface area contributed by atoms with E-state index in [4.69, 9.17) is 4.74 Å². The van der Waals surface area contributed by atoms with Gasteiger partial charge in [0.1, 0.15) is 5.75 Å². The number of ketones is 1. The molecule has 0 saturated carbocycles. The Hall–Kier alpha value is -3.22. The standard InChI is InChI=1S/C18H18N2O5/c1-13(21)17(10-14-6-3-2-4-7-14)19-18(22)12-25-16-9-5-8-15(11-16)20(23)24/h2-9,11,17H,10,12H2,1H3,(H,19,22)/t17-/m0/s1. The highest BCUT2D eigenvalue weighted by atomic mass is 16.6. The molecule has 0 aromatic heterocycles. The van der Waals surface area contributed by atoms with Crippen molar-refractivity contribution in [1.82, 2.24) is 5.32 Å². The van der Waals surface area contributed by atoms with E-state index in [0.717, 1.165) is 5.56 Å². The van der Waals surface area contributed by atoms with Crippen LogP contribution in [0.5, 0.6) is 5.75 Å². The molecular formula is C18H18N2O5. The molecule has 0 bridgehead atoms. The smallest absolute Gasteiger partial charge is 0.273 e. The van der Waals surface area contributed by atoms with Crippen LogP contribution in [0.3, 0.4) is 0 Å². The summed E-state index contributed by atoms with van der Waals surface area (Å²) in [6.07, 6.45) is 0.388. The molecule has 0 fully saturated rings. The predicted octanol–water partition coefficient (Wildman–Crippen LogP) is 2.29. The minimum atomic E-state index is -0.649. The van der Waals surface area contributed by atoms with Gasteiger partial charge < -0.3 is 10.1 Å². The molecule has 1 N–H and O–H groups in total. The van der Waals surface area contributed by atoms with Gasteiger partial charge in [-0.3, -0.25) is 19.7 Å². The van der Waals surface area contributed by atoms with Gasteiger partial charge in [0.2, 0.25) is 0 Å². The number of nitrogens with one attached hydrogen (secondary N) is 1. The van der Waals surface area contributed by atoms with E-state index in [0.29, 0.717) is 6.42 Å². The lowest BCUT2D eigenvalue weighted by molar-refractivity contribution is -0.384. The summed E-state index contributed by atoms with van der Waals surface area (Å²) in [6, 6.07) is 14.3. The lowest BCUT2D eigenvalue weighted by Crippen LogP contribution is -2.43. The summed E-state index contributed by atoms with van der Waals surface area (Å²) in [4.78, 5) is 33.9. The summed E-state index contributed by atoms with van der Waals surface area (Å²) in [5.74, 6) is -0.415. The van der Waals surface area contributed by atoms with Gasteiger partial charge in [-0.05, 0) is 25.0 Å². The topological polar surface area (TPSA) is 98.5 Å². The third-order valence-electron chi connectivity index (χ3n) is 3.51. The molecule has 2 aromatic rings. The first kappa shape index (κ1) is 18.1. The molecule has 0 aliphatic rings. The molecule has 130 valence electrons. The van der Waals surface area contributed by atoms with Crippen LogP contribution in [0.25, 0.3) is 0 Å². The van der Waals surface area contributed by atoms with E-state index >= 15 is 0 Å². The second-order valence-electron chi connectivity index (χ2n) is 5.46. The molecular weight excluding hydrogens is 324 g/mol. The van der Waals surface area contributed by atoms with E-state index in [2.05, 4.69) is 5.32 Å². The molecule has 1 atom stereocenters. The molecule has 0 heterocycles. The monoisotopic (exact) mass is 342 g/mol. The molecule has 2 aromatic carbocycles. The van der Waals surface area contributed by atoms with E-state index in [1.807, 2.05) is 30.3 Å². The number of carbonyl (C=O) groups excluding carboxylic acids is 2. The Balaban J connectivity index is 1.92. The fourth-order valence-corrected chi connectivity index (χ4v) is 2.22. The highest BCUT2D eigenvalue weighted by Crippen LogP contribution is 2.18. The molecule has 1 amide bonds. The number of hydrogen-bond donors (Lipinski definition) is 1. The molecule has 0 radical (unpaired) electrons. The summed E-state index contributed by atoms with van der Waals surface area (Å²) in [6.45, 7) is 1.08. The number of hydrogen-bond acceptors (Lipinski definition) is 5. The fourth-order valence-electron chi connectivity index (χ4n) is 2.22. The summed E-state index contributed by atoms with van der Waals surface area (Å²) in [7, 11) is 0. The van der Waals surface area contributed by atoms with E-state index in [-0.39, 0.29) is 23.8 Å². The van der Waals surface area contributed by atoms with Gasteiger partial charge in [0.25, 0.3) is 11.6 Å². The Morgan fingerprint density at radius 1 is 1.16 bits per heavy atom. The number of Topliss-reactive ketones (excluding diaryl/α,β-unsaturated/α-hetero) is 1. The highest BCUT2D eigenvalue weighted by Gasteiger charge is 2.18. The molecule has 25 heavy (non-hydrogen) atoms. The van der Waals surface area contributed by atoms with E-state index in [9.17, 15) is 19.7 Å². The number of non-ortho nitro benzene ring substituents is 1. The third kappa shape index (κ3) is 5.72. The highest BCUT2D eigenvalue weighted by molar-refractivity contribution is 5.88. The minimum Gasteiger partial charge on any atom is -0.484 e. The molecule has 0 saturated heterocycles. The van der Waals surface area contributed by atoms with Crippen LogP contribution in [-0.2, 0) is 16.0 Å². The molecule has 0 aliphatic heterocycles. The van der Waals surface area contributed by atoms with Gasteiger partial charge >= 0.3 is 0 Å². The van der Waals surface area contributed by atoms with Crippen LogP contribution in [0.15, 0.2) is 54.6 Å². The van der Waals surface area contributed by atoms with Crippen molar-refractivity contribution in [2.75, 3.05) is 6.61 Å². The lowest BCUT2D eigenvalue weighted by Gasteiger charge is -2.16. The van der Waals surface area contributed by atoms with Gasteiger partial charge in [-0.1, -0.05) is 36.4 Å². The van der Waals surface area contributed by atoms with E-state index < -0.39 is 16.9 Å². The van der Waals surface area contributed by atoms with Crippen LogP contribution in [0.1, 0.15) is 12.5 Å². The van der Waals surface area contributed by atoms with Crippen LogP contribution in [0.2, 0.25) is 0 Å². The van der Waals surface area contributed by atoms with E-state index in [1.54, 1.807) is 0 Å². The van der Waals surface area contributed by atoms with Crippen LogP contribution in [0, 0.1) is 10.1 Å². The van der Waals surface area contributed by atoms with Crippen LogP contribution < -0.4 is 10.1 Å². The average Bonchev–Trinajstić information content (AvgIpc) is 2.60. The van der Waals surface area contributed by atoms with Crippen molar-refractivity contribution in [2.24, 2.45) is 0 Å². The summed E-state index contributed by atoms with van der Waals surface area (Å²) >= 11 is 0. The number of rotatable bonds is 8. The Kier molecular flexibility index (Phi) is 6.22. The van der Waals surface area contributed by atoms with Crippen LogP contribution >= 0.6 is 0 Å². The third-order valence-corrected chi connectivity index (χ3v) is 3.51. The summed E-state index contributed by atoms with van der Waals surface area (Å²) in [5.41, 5.74) is 0.811. The van der Waals surface area contributed by atoms with Crippen molar-refractivity contribution in [1.29, 1.82) is 0 Å². The number of nitrogens with zero attached hydrogens (tertiary/aromatic N) is 1. The van der Waals surface area contributed by atoms with Crippen molar-refractivity contribution in [3.8, 4) is 5.75 Å². The second kappa shape index (κ2) is 8.58. The van der Waals surface area contributed by atoms with Crippen molar-refractivity contribution >= 4 is 17.4 Å². The average molecular weight is 342 g/mol. The maximum absolute atomic E-state index is 12.0. The SMILES string of the molecule is CC(=O)[C@H](Cc1ccccc1)NC(=O)COc1cccc([N+](=O)[O-])c1. The number of ether oxygens (including phenoxy) is 1. The van der Waals surface area contributed by atoms with Gasteiger partial charge in [-0.25, -0.2) is 0 Å². The number of nitro groups is 1. The number of carbonyl (C=O) groups is 2. The zero-order valence-electron chi connectivity index (χ0n) is 13.7. The van der Waals surface area contributed by atoms with Crippen molar-refractivity contribution in [2.45, 2.75) is 19.4 Å². The van der Waals surface area contributed by atoms with Gasteiger partial charge in [0, 0.05) is 6.07 Å². The van der Waals surface area contributed by atoms with Crippen LogP contribution in [0.4, 0.5) is 5.69 Å². The summed E-state index contributed by atoms with van der Waals surface area (Å²) < 4.78 is 5.26. The van der Waals surface area contributed by atoms with E-state index in [1.165, 1.54) is 31.2 Å². The largest absolute Gasteiger partial charge is 0.484 e. The van der Waals surface area contributed by atoms with Crippen molar-refractivity contribution < 1.29 is 19.2 Å². The quantitative estimate of drug-likeness (QED) is 0.586. The first-order chi connectivity index (χ1) is 12.0. The Morgan fingerprint density at radius 3 is 2.52 bits per heavy atom. The van der Waals surface area contributed by atoms with Gasteiger partial charge in [0.05, 0.1) is 17.0 Å². The van der Waals surface area contributed by atoms with Crippen molar-refractivity contribution in [3.63, 3.8) is 0 Å². The zero-order chi connectivity index (χ0) is 18.2. The van der Waals surface area contributed by atoms with Gasteiger partial charge in [-0.2, -0.15) is 0 Å². The number of amides is 1. The molecule has 0 aliphatic carbocycles. The fraction of sp³-hybridized carbons (Fsp3) is 0.222. The molecule has 2 rings (SSSR count). The number of benzene rings is 2.